The van der Waals surface area contributed by atoms with Crippen molar-refractivity contribution in [3.05, 3.63) is 65.2 Å². The molecule has 0 saturated heterocycles. The van der Waals surface area contributed by atoms with Crippen molar-refractivity contribution in [2.24, 2.45) is 0 Å². The van der Waals surface area contributed by atoms with Crippen molar-refractivity contribution in [1.29, 1.82) is 0 Å². The van der Waals surface area contributed by atoms with Crippen LogP contribution < -0.4 is 5.32 Å². The molecule has 0 bridgehead atoms. The van der Waals surface area contributed by atoms with Crippen LogP contribution in [-0.2, 0) is 17.7 Å². The fourth-order valence-corrected chi connectivity index (χ4v) is 1.96. The second-order valence-electron chi connectivity index (χ2n) is 4.59. The van der Waals surface area contributed by atoms with Crippen LogP contribution in [-0.4, -0.2) is 24.6 Å². The monoisotopic (exact) mass is 288 g/mol. The number of halogens is 1. The Bertz CT molecular complexity index is 602. The van der Waals surface area contributed by atoms with Gasteiger partial charge in [0.2, 0.25) is 0 Å². The Morgan fingerprint density at radius 1 is 1.33 bits per heavy atom. The van der Waals surface area contributed by atoms with Gasteiger partial charge in [0.25, 0.3) is 0 Å². The van der Waals surface area contributed by atoms with Gasteiger partial charge in [-0.1, -0.05) is 12.1 Å². The number of methoxy groups -OCH3 is 1. The highest BCUT2D eigenvalue weighted by Gasteiger charge is 2.11. The van der Waals surface area contributed by atoms with Gasteiger partial charge in [-0.25, -0.2) is 9.18 Å². The number of nitrogens with one attached hydrogen (secondary N) is 1. The Labute approximate surface area is 123 Å². The molecule has 0 spiro atoms. The standard InChI is InChI=1S/C16H17FN2O2/c1-21-16(20)14-5-4-13(9-15(14)17)11-19-8-6-12-3-2-7-18-10-12/h2-5,7,9-10,19H,6,8,11H2,1H3. The number of benzene rings is 1. The lowest BCUT2D eigenvalue weighted by atomic mass is 10.1. The van der Waals surface area contributed by atoms with Crippen molar-refractivity contribution in [2.75, 3.05) is 13.7 Å². The van der Waals surface area contributed by atoms with Gasteiger partial charge in [-0.05, 0) is 42.3 Å². The molecular weight excluding hydrogens is 271 g/mol. The van der Waals surface area contributed by atoms with E-state index in [0.29, 0.717) is 6.54 Å². The summed E-state index contributed by atoms with van der Waals surface area (Å²) < 4.78 is 18.2. The molecule has 1 N–H and O–H groups in total. The van der Waals surface area contributed by atoms with E-state index in [1.165, 1.54) is 19.2 Å². The summed E-state index contributed by atoms with van der Waals surface area (Å²) in [5, 5.41) is 3.23. The van der Waals surface area contributed by atoms with Crippen LogP contribution in [0.4, 0.5) is 4.39 Å². The van der Waals surface area contributed by atoms with Gasteiger partial charge in [0.15, 0.2) is 0 Å². The molecule has 2 rings (SSSR count). The van der Waals surface area contributed by atoms with Crippen LogP contribution >= 0.6 is 0 Å². The van der Waals surface area contributed by atoms with E-state index in [4.69, 9.17) is 0 Å². The van der Waals surface area contributed by atoms with E-state index in [9.17, 15) is 9.18 Å². The van der Waals surface area contributed by atoms with E-state index in [1.807, 2.05) is 18.3 Å². The average molecular weight is 288 g/mol. The van der Waals surface area contributed by atoms with Gasteiger partial charge in [-0.2, -0.15) is 0 Å². The normalized spacial score (nSPS) is 10.4. The van der Waals surface area contributed by atoms with Crippen molar-refractivity contribution in [1.82, 2.24) is 10.3 Å². The van der Waals surface area contributed by atoms with E-state index in [2.05, 4.69) is 15.0 Å². The predicted octanol–water partition coefficient (Wildman–Crippen LogP) is 2.34. The Morgan fingerprint density at radius 2 is 2.19 bits per heavy atom. The molecule has 5 heteroatoms. The molecule has 0 amide bonds. The van der Waals surface area contributed by atoms with E-state index in [1.54, 1.807) is 12.3 Å². The maximum Gasteiger partial charge on any atom is 0.340 e. The largest absolute Gasteiger partial charge is 0.465 e. The highest BCUT2D eigenvalue weighted by molar-refractivity contribution is 5.89. The van der Waals surface area contributed by atoms with Crippen LogP contribution in [0, 0.1) is 5.82 Å². The lowest BCUT2D eigenvalue weighted by molar-refractivity contribution is 0.0595. The minimum Gasteiger partial charge on any atom is -0.465 e. The van der Waals surface area contributed by atoms with Crippen molar-refractivity contribution < 1.29 is 13.9 Å². The molecule has 1 heterocycles. The van der Waals surface area contributed by atoms with Gasteiger partial charge in [-0.15, -0.1) is 0 Å². The number of carbonyl (C=O) groups is 1. The summed E-state index contributed by atoms with van der Waals surface area (Å²) in [6, 6.07) is 8.42. The molecular formula is C16H17FN2O2. The summed E-state index contributed by atoms with van der Waals surface area (Å²) in [5.74, 6) is -1.23. The van der Waals surface area contributed by atoms with Crippen molar-refractivity contribution in [2.45, 2.75) is 13.0 Å². The summed E-state index contributed by atoms with van der Waals surface area (Å²) in [4.78, 5) is 15.3. The second-order valence-corrected chi connectivity index (χ2v) is 4.59. The number of hydrogen-bond acceptors (Lipinski definition) is 4. The number of hydrogen-bond donors (Lipinski definition) is 1. The van der Waals surface area contributed by atoms with Gasteiger partial charge in [-0.3, -0.25) is 4.98 Å². The second kappa shape index (κ2) is 7.50. The molecule has 110 valence electrons. The van der Waals surface area contributed by atoms with Crippen LogP contribution in [0.2, 0.25) is 0 Å². The molecule has 1 aromatic heterocycles. The fourth-order valence-electron chi connectivity index (χ4n) is 1.96. The van der Waals surface area contributed by atoms with Crippen LogP contribution in [0.25, 0.3) is 0 Å². The number of pyridine rings is 1. The fraction of sp³-hybridized carbons (Fsp3) is 0.250. The first kappa shape index (κ1) is 15.1. The highest BCUT2D eigenvalue weighted by Crippen LogP contribution is 2.11. The number of aromatic nitrogens is 1. The van der Waals surface area contributed by atoms with Gasteiger partial charge < -0.3 is 10.1 Å². The maximum atomic E-state index is 13.7. The quantitative estimate of drug-likeness (QED) is 0.655. The summed E-state index contributed by atoms with van der Waals surface area (Å²) in [6.07, 6.45) is 4.42. The summed E-state index contributed by atoms with van der Waals surface area (Å²) in [6.45, 7) is 1.31. The minimum atomic E-state index is -0.663. The third-order valence-electron chi connectivity index (χ3n) is 3.08. The molecule has 0 radical (unpaired) electrons. The van der Waals surface area contributed by atoms with Crippen LogP contribution in [0.3, 0.4) is 0 Å². The molecule has 21 heavy (non-hydrogen) atoms. The maximum absolute atomic E-state index is 13.7. The molecule has 0 aliphatic rings. The Hall–Kier alpha value is -2.27. The first-order chi connectivity index (χ1) is 10.2. The highest BCUT2D eigenvalue weighted by atomic mass is 19.1. The number of esters is 1. The van der Waals surface area contributed by atoms with Crippen LogP contribution in [0.5, 0.6) is 0 Å². The topological polar surface area (TPSA) is 51.2 Å². The lowest BCUT2D eigenvalue weighted by Crippen LogP contribution is -2.17. The summed E-state index contributed by atoms with van der Waals surface area (Å²) in [7, 11) is 1.23. The molecule has 0 aliphatic carbocycles. The zero-order valence-corrected chi connectivity index (χ0v) is 11.8. The van der Waals surface area contributed by atoms with Crippen molar-refractivity contribution in [3.63, 3.8) is 0 Å². The Balaban J connectivity index is 1.84. The molecule has 0 atom stereocenters. The van der Waals surface area contributed by atoms with E-state index in [0.717, 1.165) is 24.1 Å². The Morgan fingerprint density at radius 3 is 2.86 bits per heavy atom. The molecule has 4 nitrogen and oxygen atoms in total. The Kier molecular flexibility index (Phi) is 5.40. The zero-order valence-electron chi connectivity index (χ0n) is 11.8. The molecule has 1 aromatic carbocycles. The number of nitrogens with zero attached hydrogens (tertiary/aromatic N) is 1. The first-order valence-corrected chi connectivity index (χ1v) is 6.67. The number of carbonyl (C=O) groups excluding carboxylic acids is 1. The van der Waals surface area contributed by atoms with Crippen LogP contribution in [0.15, 0.2) is 42.7 Å². The molecule has 0 aliphatic heterocycles. The lowest BCUT2D eigenvalue weighted by Gasteiger charge is -2.07. The zero-order chi connectivity index (χ0) is 15.1. The predicted molar refractivity (Wildman–Crippen MR) is 77.4 cm³/mol. The van der Waals surface area contributed by atoms with Crippen molar-refractivity contribution in [3.8, 4) is 0 Å². The number of rotatable bonds is 6. The molecule has 0 unspecified atom stereocenters. The summed E-state index contributed by atoms with van der Waals surface area (Å²) in [5.41, 5.74) is 1.89. The molecule has 2 aromatic rings. The minimum absolute atomic E-state index is 0.0448. The van der Waals surface area contributed by atoms with Gasteiger partial charge in [0.1, 0.15) is 5.82 Å². The molecule has 0 saturated carbocycles. The van der Waals surface area contributed by atoms with Gasteiger partial charge >= 0.3 is 5.97 Å². The average Bonchev–Trinajstić information content (AvgIpc) is 2.52. The summed E-state index contributed by atoms with van der Waals surface area (Å²) >= 11 is 0. The van der Waals surface area contributed by atoms with Crippen LogP contribution in [0.1, 0.15) is 21.5 Å². The SMILES string of the molecule is COC(=O)c1ccc(CNCCc2cccnc2)cc1F. The van der Waals surface area contributed by atoms with E-state index < -0.39 is 11.8 Å². The smallest absolute Gasteiger partial charge is 0.340 e. The number of ether oxygens (including phenoxy) is 1. The first-order valence-electron chi connectivity index (χ1n) is 6.67. The van der Waals surface area contributed by atoms with Gasteiger partial charge in [0.05, 0.1) is 12.7 Å². The van der Waals surface area contributed by atoms with Gasteiger partial charge in [0, 0.05) is 18.9 Å². The van der Waals surface area contributed by atoms with E-state index in [-0.39, 0.29) is 5.56 Å². The third kappa shape index (κ3) is 4.36. The van der Waals surface area contributed by atoms with Crippen molar-refractivity contribution >= 4 is 5.97 Å². The van der Waals surface area contributed by atoms with E-state index >= 15 is 0 Å². The third-order valence-corrected chi connectivity index (χ3v) is 3.08. The molecule has 0 fully saturated rings.